The van der Waals surface area contributed by atoms with Crippen molar-refractivity contribution in [2.75, 3.05) is 25.5 Å². The van der Waals surface area contributed by atoms with Crippen molar-refractivity contribution in [1.82, 2.24) is 10.3 Å². The van der Waals surface area contributed by atoms with Gasteiger partial charge in [-0.25, -0.2) is 4.98 Å². The van der Waals surface area contributed by atoms with Crippen LogP contribution in [0.4, 0.5) is 5.82 Å². The fourth-order valence-corrected chi connectivity index (χ4v) is 1.96. The molecule has 1 N–H and O–H groups in total. The molecule has 0 aliphatic carbocycles. The Balaban J connectivity index is 2.82. The van der Waals surface area contributed by atoms with Crippen molar-refractivity contribution in [3.8, 4) is 0 Å². The van der Waals surface area contributed by atoms with Crippen LogP contribution in [0.1, 0.15) is 32.0 Å². The lowest BCUT2D eigenvalue weighted by Gasteiger charge is -2.27. The van der Waals surface area contributed by atoms with Crippen molar-refractivity contribution in [3.63, 3.8) is 0 Å². The van der Waals surface area contributed by atoms with Gasteiger partial charge in [0, 0.05) is 25.8 Å². The lowest BCUT2D eigenvalue weighted by molar-refractivity contribution is 0.417. The number of hydrogen-bond donors (Lipinski definition) is 1. The van der Waals surface area contributed by atoms with Crippen molar-refractivity contribution in [2.24, 2.45) is 5.41 Å². The highest BCUT2D eigenvalue weighted by molar-refractivity contribution is 5.41. The van der Waals surface area contributed by atoms with E-state index in [0.29, 0.717) is 0 Å². The van der Waals surface area contributed by atoms with Crippen LogP contribution >= 0.6 is 0 Å². The van der Waals surface area contributed by atoms with E-state index in [-0.39, 0.29) is 5.41 Å². The number of nitrogens with zero attached hydrogens (tertiary/aromatic N) is 2. The molecule has 0 aromatic carbocycles. The van der Waals surface area contributed by atoms with Gasteiger partial charge in [0.05, 0.1) is 0 Å². The predicted molar refractivity (Wildman–Crippen MR) is 74.5 cm³/mol. The molecule has 96 valence electrons. The van der Waals surface area contributed by atoms with Gasteiger partial charge in [0.25, 0.3) is 0 Å². The quantitative estimate of drug-likeness (QED) is 0.869. The molecule has 1 aromatic rings. The maximum atomic E-state index is 4.66. The summed E-state index contributed by atoms with van der Waals surface area (Å²) in [5, 5.41) is 3.16. The molecule has 1 aromatic heterocycles. The van der Waals surface area contributed by atoms with Crippen LogP contribution in [0.5, 0.6) is 0 Å². The number of anilines is 1. The van der Waals surface area contributed by atoms with Crippen LogP contribution in [0.15, 0.2) is 12.1 Å². The summed E-state index contributed by atoms with van der Waals surface area (Å²) in [5.74, 6) is 1.05. The third kappa shape index (κ3) is 4.35. The molecule has 17 heavy (non-hydrogen) atoms. The standard InChI is InChI=1S/C14H25N3/c1-11-12(9-15-5)7-8-13(16-11)17(6)10-14(2,3)4/h7-8,15H,9-10H2,1-6H3. The van der Waals surface area contributed by atoms with Crippen LogP contribution in [-0.4, -0.2) is 25.6 Å². The fourth-order valence-electron chi connectivity index (χ4n) is 1.96. The summed E-state index contributed by atoms with van der Waals surface area (Å²) < 4.78 is 0. The summed E-state index contributed by atoms with van der Waals surface area (Å²) in [7, 11) is 4.06. The second-order valence-corrected chi connectivity index (χ2v) is 5.86. The molecule has 0 aliphatic heterocycles. The molecule has 3 nitrogen and oxygen atoms in total. The fraction of sp³-hybridized carbons (Fsp3) is 0.643. The van der Waals surface area contributed by atoms with Gasteiger partial charge in [-0.1, -0.05) is 26.8 Å². The van der Waals surface area contributed by atoms with Gasteiger partial charge in [0.1, 0.15) is 5.82 Å². The summed E-state index contributed by atoms with van der Waals surface area (Å²) in [6, 6.07) is 4.26. The minimum absolute atomic E-state index is 0.286. The van der Waals surface area contributed by atoms with Crippen LogP contribution in [0, 0.1) is 12.3 Å². The molecular formula is C14H25N3. The summed E-state index contributed by atoms with van der Waals surface area (Å²) in [4.78, 5) is 6.88. The minimum Gasteiger partial charge on any atom is -0.359 e. The minimum atomic E-state index is 0.286. The highest BCUT2D eigenvalue weighted by atomic mass is 15.2. The smallest absolute Gasteiger partial charge is 0.128 e. The van der Waals surface area contributed by atoms with Crippen molar-refractivity contribution in [2.45, 2.75) is 34.2 Å². The van der Waals surface area contributed by atoms with E-state index in [2.05, 4.69) is 62.1 Å². The lowest BCUT2D eigenvalue weighted by Crippen LogP contribution is -2.29. The number of rotatable bonds is 4. The zero-order chi connectivity index (χ0) is 13.1. The molecular weight excluding hydrogens is 210 g/mol. The highest BCUT2D eigenvalue weighted by Gasteiger charge is 2.15. The Morgan fingerprint density at radius 2 is 1.94 bits per heavy atom. The van der Waals surface area contributed by atoms with Crippen molar-refractivity contribution >= 4 is 5.82 Å². The molecule has 3 heteroatoms. The third-order valence-corrected chi connectivity index (χ3v) is 2.65. The maximum Gasteiger partial charge on any atom is 0.128 e. The van der Waals surface area contributed by atoms with E-state index in [0.717, 1.165) is 24.6 Å². The first-order valence-corrected chi connectivity index (χ1v) is 6.16. The molecule has 0 amide bonds. The Morgan fingerprint density at radius 1 is 1.29 bits per heavy atom. The van der Waals surface area contributed by atoms with Crippen LogP contribution in [0.3, 0.4) is 0 Å². The van der Waals surface area contributed by atoms with Crippen molar-refractivity contribution < 1.29 is 0 Å². The first kappa shape index (κ1) is 14.0. The van der Waals surface area contributed by atoms with E-state index in [4.69, 9.17) is 0 Å². The van der Waals surface area contributed by atoms with Gasteiger partial charge in [-0.2, -0.15) is 0 Å². The Morgan fingerprint density at radius 3 is 2.41 bits per heavy atom. The second-order valence-electron chi connectivity index (χ2n) is 5.86. The van der Waals surface area contributed by atoms with E-state index in [1.54, 1.807) is 0 Å². The zero-order valence-corrected chi connectivity index (χ0v) is 12.0. The average molecular weight is 235 g/mol. The first-order valence-electron chi connectivity index (χ1n) is 6.16. The monoisotopic (exact) mass is 235 g/mol. The Kier molecular flexibility index (Phi) is 4.52. The van der Waals surface area contributed by atoms with Gasteiger partial charge in [0.2, 0.25) is 0 Å². The molecule has 0 saturated carbocycles. The summed E-state index contributed by atoms with van der Waals surface area (Å²) >= 11 is 0. The molecule has 0 radical (unpaired) electrons. The Labute approximate surface area is 105 Å². The molecule has 1 heterocycles. The van der Waals surface area contributed by atoms with Crippen LogP contribution in [0.25, 0.3) is 0 Å². The van der Waals surface area contributed by atoms with E-state index in [1.165, 1.54) is 5.56 Å². The number of hydrogen-bond acceptors (Lipinski definition) is 3. The van der Waals surface area contributed by atoms with Crippen LogP contribution in [0.2, 0.25) is 0 Å². The molecule has 0 spiro atoms. The summed E-state index contributed by atoms with van der Waals surface area (Å²) in [5.41, 5.74) is 2.66. The predicted octanol–water partition coefficient (Wildman–Crippen LogP) is 2.59. The van der Waals surface area contributed by atoms with Crippen LogP contribution in [-0.2, 0) is 6.54 Å². The van der Waals surface area contributed by atoms with Crippen molar-refractivity contribution in [1.29, 1.82) is 0 Å². The highest BCUT2D eigenvalue weighted by Crippen LogP contribution is 2.19. The van der Waals surface area contributed by atoms with Gasteiger partial charge >= 0.3 is 0 Å². The molecule has 0 bridgehead atoms. The lowest BCUT2D eigenvalue weighted by atomic mass is 9.96. The molecule has 0 atom stereocenters. The van der Waals surface area contributed by atoms with Crippen LogP contribution < -0.4 is 10.2 Å². The Bertz CT molecular complexity index is 366. The molecule has 0 fully saturated rings. The zero-order valence-electron chi connectivity index (χ0n) is 12.0. The van der Waals surface area contributed by atoms with Gasteiger partial charge in [-0.15, -0.1) is 0 Å². The topological polar surface area (TPSA) is 28.2 Å². The van der Waals surface area contributed by atoms with E-state index in [1.807, 2.05) is 7.05 Å². The van der Waals surface area contributed by atoms with Gasteiger partial charge in [0.15, 0.2) is 0 Å². The molecule has 0 saturated heterocycles. The molecule has 0 unspecified atom stereocenters. The van der Waals surface area contributed by atoms with Gasteiger partial charge in [-0.05, 0) is 31.0 Å². The SMILES string of the molecule is CNCc1ccc(N(C)CC(C)(C)C)nc1C. The normalized spacial score (nSPS) is 11.6. The first-order chi connectivity index (χ1) is 7.83. The third-order valence-electron chi connectivity index (χ3n) is 2.65. The number of aryl methyl sites for hydroxylation is 1. The van der Waals surface area contributed by atoms with E-state index >= 15 is 0 Å². The Hall–Kier alpha value is -1.09. The number of aromatic nitrogens is 1. The van der Waals surface area contributed by atoms with Crippen molar-refractivity contribution in [3.05, 3.63) is 23.4 Å². The average Bonchev–Trinajstić information content (AvgIpc) is 2.18. The van der Waals surface area contributed by atoms with E-state index in [9.17, 15) is 0 Å². The second kappa shape index (κ2) is 5.50. The summed E-state index contributed by atoms with van der Waals surface area (Å²) in [6.45, 7) is 10.7. The number of pyridine rings is 1. The summed E-state index contributed by atoms with van der Waals surface area (Å²) in [6.07, 6.45) is 0. The largest absolute Gasteiger partial charge is 0.359 e. The molecule has 0 aliphatic rings. The number of nitrogens with one attached hydrogen (secondary N) is 1. The molecule has 1 rings (SSSR count). The maximum absolute atomic E-state index is 4.66. The van der Waals surface area contributed by atoms with E-state index < -0.39 is 0 Å². The van der Waals surface area contributed by atoms with Gasteiger partial charge < -0.3 is 10.2 Å². The van der Waals surface area contributed by atoms with Gasteiger partial charge in [-0.3, -0.25) is 0 Å².